The fraction of sp³-hybridized carbons (Fsp3) is 0.688. The van der Waals surface area contributed by atoms with Crippen LogP contribution >= 0.6 is 0 Å². The Morgan fingerprint density at radius 2 is 2.05 bits per heavy atom. The number of rotatable bonds is 4. The van der Waals surface area contributed by atoms with Gasteiger partial charge in [0.15, 0.2) is 0 Å². The van der Waals surface area contributed by atoms with Crippen molar-refractivity contribution in [3.63, 3.8) is 0 Å². The summed E-state index contributed by atoms with van der Waals surface area (Å²) in [6.07, 6.45) is 5.70. The summed E-state index contributed by atoms with van der Waals surface area (Å²) in [4.78, 5) is 7.03. The van der Waals surface area contributed by atoms with Gasteiger partial charge in [0.25, 0.3) is 0 Å². The Kier molecular flexibility index (Phi) is 5.34. The maximum absolute atomic E-state index is 4.44. The molecule has 1 aliphatic heterocycles. The summed E-state index contributed by atoms with van der Waals surface area (Å²) in [6.45, 7) is 9.26. The molecule has 2 atom stereocenters. The van der Waals surface area contributed by atoms with Crippen molar-refractivity contribution < 1.29 is 0 Å². The van der Waals surface area contributed by atoms with E-state index in [1.807, 2.05) is 12.3 Å². The zero-order valence-electron chi connectivity index (χ0n) is 12.5. The van der Waals surface area contributed by atoms with Crippen LogP contribution in [0.3, 0.4) is 0 Å². The topological polar surface area (TPSA) is 28.2 Å². The molecule has 1 aliphatic rings. The van der Waals surface area contributed by atoms with E-state index in [1.165, 1.54) is 32.4 Å². The number of pyridine rings is 1. The van der Waals surface area contributed by atoms with Gasteiger partial charge in [-0.25, -0.2) is 0 Å². The van der Waals surface area contributed by atoms with E-state index in [0.29, 0.717) is 18.1 Å². The van der Waals surface area contributed by atoms with E-state index in [2.05, 4.69) is 48.1 Å². The van der Waals surface area contributed by atoms with E-state index in [-0.39, 0.29) is 0 Å². The van der Waals surface area contributed by atoms with Crippen LogP contribution in [0.25, 0.3) is 0 Å². The van der Waals surface area contributed by atoms with Gasteiger partial charge >= 0.3 is 0 Å². The molecule has 1 N–H and O–H groups in total. The van der Waals surface area contributed by atoms with Gasteiger partial charge in [0.1, 0.15) is 0 Å². The molecule has 1 aromatic heterocycles. The molecule has 0 radical (unpaired) electrons. The van der Waals surface area contributed by atoms with Crippen LogP contribution in [0.5, 0.6) is 0 Å². The second kappa shape index (κ2) is 7.01. The van der Waals surface area contributed by atoms with Crippen molar-refractivity contribution in [2.45, 2.75) is 58.2 Å². The molecule has 1 fully saturated rings. The minimum Gasteiger partial charge on any atom is -0.306 e. The average Bonchev–Trinajstić information content (AvgIpc) is 2.65. The third-order valence-corrected chi connectivity index (χ3v) is 4.11. The van der Waals surface area contributed by atoms with Crippen LogP contribution < -0.4 is 5.32 Å². The second-order valence-electron chi connectivity index (χ2n) is 5.90. The quantitative estimate of drug-likeness (QED) is 0.903. The van der Waals surface area contributed by atoms with E-state index in [1.54, 1.807) is 0 Å². The second-order valence-corrected chi connectivity index (χ2v) is 5.90. The van der Waals surface area contributed by atoms with Gasteiger partial charge in [-0.3, -0.25) is 4.98 Å². The molecular formula is C16H27N3. The van der Waals surface area contributed by atoms with E-state index in [9.17, 15) is 0 Å². The standard InChI is InChI=1S/C16H27N3/c1-13(2)19-11-6-7-15(9-12-19)18-14(3)16-8-4-5-10-17-16/h4-5,8,10,13-15,18H,6-7,9,11-12H2,1-3H3/t14-,15?/m1/s1. The fourth-order valence-corrected chi connectivity index (χ4v) is 2.87. The zero-order valence-corrected chi connectivity index (χ0v) is 12.5. The van der Waals surface area contributed by atoms with Crippen LogP contribution in [0.1, 0.15) is 51.8 Å². The molecule has 0 aromatic carbocycles. The first-order valence-electron chi connectivity index (χ1n) is 7.58. The molecule has 19 heavy (non-hydrogen) atoms. The minimum atomic E-state index is 0.344. The van der Waals surface area contributed by atoms with E-state index < -0.39 is 0 Å². The Balaban J connectivity index is 1.86. The molecule has 1 saturated heterocycles. The van der Waals surface area contributed by atoms with E-state index in [4.69, 9.17) is 0 Å². The number of hydrogen-bond acceptors (Lipinski definition) is 3. The number of hydrogen-bond donors (Lipinski definition) is 1. The number of nitrogens with zero attached hydrogens (tertiary/aromatic N) is 2. The van der Waals surface area contributed by atoms with Gasteiger partial charge in [-0.2, -0.15) is 0 Å². The minimum absolute atomic E-state index is 0.344. The van der Waals surface area contributed by atoms with Gasteiger partial charge in [-0.1, -0.05) is 6.07 Å². The average molecular weight is 261 g/mol. The van der Waals surface area contributed by atoms with Crippen molar-refractivity contribution in [2.24, 2.45) is 0 Å². The molecule has 0 spiro atoms. The van der Waals surface area contributed by atoms with E-state index in [0.717, 1.165) is 5.69 Å². The predicted octanol–water partition coefficient (Wildman–Crippen LogP) is 3.00. The number of nitrogens with one attached hydrogen (secondary N) is 1. The van der Waals surface area contributed by atoms with Crippen molar-refractivity contribution in [2.75, 3.05) is 13.1 Å². The summed E-state index contributed by atoms with van der Waals surface area (Å²) < 4.78 is 0. The highest BCUT2D eigenvalue weighted by Gasteiger charge is 2.20. The molecule has 3 nitrogen and oxygen atoms in total. The smallest absolute Gasteiger partial charge is 0.0570 e. The Bertz CT molecular complexity index is 364. The highest BCUT2D eigenvalue weighted by molar-refractivity contribution is 5.07. The molecule has 3 heteroatoms. The summed E-state index contributed by atoms with van der Waals surface area (Å²) in [5.74, 6) is 0. The third kappa shape index (κ3) is 4.29. The lowest BCUT2D eigenvalue weighted by atomic mass is 10.1. The zero-order chi connectivity index (χ0) is 13.7. The Hall–Kier alpha value is -0.930. The molecule has 0 aliphatic carbocycles. The number of likely N-dealkylation sites (tertiary alicyclic amines) is 1. The van der Waals surface area contributed by atoms with Gasteiger partial charge in [0.05, 0.1) is 5.69 Å². The van der Waals surface area contributed by atoms with Crippen LogP contribution in [-0.4, -0.2) is 35.1 Å². The maximum atomic E-state index is 4.44. The summed E-state index contributed by atoms with van der Waals surface area (Å²) in [5, 5.41) is 3.75. The van der Waals surface area contributed by atoms with Gasteiger partial charge in [0.2, 0.25) is 0 Å². The molecule has 2 heterocycles. The van der Waals surface area contributed by atoms with Crippen LogP contribution in [0, 0.1) is 0 Å². The van der Waals surface area contributed by atoms with Crippen molar-refractivity contribution in [1.29, 1.82) is 0 Å². The lowest BCUT2D eigenvalue weighted by molar-refractivity contribution is 0.228. The van der Waals surface area contributed by atoms with E-state index >= 15 is 0 Å². The first-order chi connectivity index (χ1) is 9.16. The lowest BCUT2D eigenvalue weighted by Gasteiger charge is -2.25. The van der Waals surface area contributed by atoms with Crippen LogP contribution in [-0.2, 0) is 0 Å². The molecule has 0 saturated carbocycles. The monoisotopic (exact) mass is 261 g/mol. The largest absolute Gasteiger partial charge is 0.306 e. The molecule has 1 unspecified atom stereocenters. The van der Waals surface area contributed by atoms with Crippen molar-refractivity contribution >= 4 is 0 Å². The van der Waals surface area contributed by atoms with Crippen molar-refractivity contribution in [3.8, 4) is 0 Å². The highest BCUT2D eigenvalue weighted by atomic mass is 15.2. The normalized spacial score (nSPS) is 23.3. The third-order valence-electron chi connectivity index (χ3n) is 4.11. The number of aromatic nitrogens is 1. The van der Waals surface area contributed by atoms with Gasteiger partial charge < -0.3 is 10.2 Å². The van der Waals surface area contributed by atoms with Crippen LogP contribution in [0.2, 0.25) is 0 Å². The molecule has 0 bridgehead atoms. The predicted molar refractivity (Wildman–Crippen MR) is 80.1 cm³/mol. The first-order valence-corrected chi connectivity index (χ1v) is 7.58. The summed E-state index contributed by atoms with van der Waals surface area (Å²) in [5.41, 5.74) is 1.15. The summed E-state index contributed by atoms with van der Waals surface area (Å²) >= 11 is 0. The Labute approximate surface area is 117 Å². The molecule has 0 amide bonds. The molecular weight excluding hydrogens is 234 g/mol. The van der Waals surface area contributed by atoms with Crippen LogP contribution in [0.4, 0.5) is 0 Å². The first kappa shape index (κ1) is 14.5. The molecule has 106 valence electrons. The Morgan fingerprint density at radius 3 is 2.74 bits per heavy atom. The fourth-order valence-electron chi connectivity index (χ4n) is 2.87. The van der Waals surface area contributed by atoms with Gasteiger partial charge in [-0.15, -0.1) is 0 Å². The van der Waals surface area contributed by atoms with Crippen molar-refractivity contribution in [1.82, 2.24) is 15.2 Å². The highest BCUT2D eigenvalue weighted by Crippen LogP contribution is 2.17. The molecule has 2 rings (SSSR count). The van der Waals surface area contributed by atoms with Crippen molar-refractivity contribution in [3.05, 3.63) is 30.1 Å². The lowest BCUT2D eigenvalue weighted by Crippen LogP contribution is -2.35. The summed E-state index contributed by atoms with van der Waals surface area (Å²) in [6, 6.07) is 7.79. The van der Waals surface area contributed by atoms with Gasteiger partial charge in [-0.05, 0) is 65.3 Å². The van der Waals surface area contributed by atoms with Gasteiger partial charge in [0, 0.05) is 24.3 Å². The summed E-state index contributed by atoms with van der Waals surface area (Å²) in [7, 11) is 0. The Morgan fingerprint density at radius 1 is 1.21 bits per heavy atom. The van der Waals surface area contributed by atoms with Crippen LogP contribution in [0.15, 0.2) is 24.4 Å². The molecule has 1 aromatic rings. The SMILES string of the molecule is CC(C)N1CCCC(N[C@H](C)c2ccccn2)CC1. The maximum Gasteiger partial charge on any atom is 0.0570 e.